The quantitative estimate of drug-likeness (QED) is 0.762. The molecule has 0 spiro atoms. The van der Waals surface area contributed by atoms with Crippen molar-refractivity contribution in [1.82, 2.24) is 10.6 Å². The van der Waals surface area contributed by atoms with Gasteiger partial charge in [0.2, 0.25) is 5.91 Å². The molecule has 0 saturated carbocycles. The van der Waals surface area contributed by atoms with E-state index in [1.165, 1.54) is 0 Å². The highest BCUT2D eigenvalue weighted by molar-refractivity contribution is 5.79. The minimum absolute atomic E-state index is 0.0984. The van der Waals surface area contributed by atoms with E-state index in [0.29, 0.717) is 13.2 Å². The lowest BCUT2D eigenvalue weighted by Gasteiger charge is -2.13. The molecule has 4 nitrogen and oxygen atoms in total. The Bertz CT molecular complexity index is 440. The molecule has 2 rings (SSSR count). The van der Waals surface area contributed by atoms with Gasteiger partial charge >= 0.3 is 0 Å². The van der Waals surface area contributed by atoms with Crippen molar-refractivity contribution >= 4 is 5.91 Å². The summed E-state index contributed by atoms with van der Waals surface area (Å²) < 4.78 is 5.56. The Morgan fingerprint density at radius 3 is 3.11 bits per heavy atom. The number of amides is 1. The van der Waals surface area contributed by atoms with Crippen LogP contribution in [-0.2, 0) is 11.3 Å². The minimum Gasteiger partial charge on any atom is -0.489 e. The molecule has 1 atom stereocenters. The maximum Gasteiger partial charge on any atom is 0.224 e. The van der Waals surface area contributed by atoms with Gasteiger partial charge in [0.05, 0.1) is 5.92 Å². The molecule has 1 aromatic rings. The largest absolute Gasteiger partial charge is 0.489 e. The number of benzene rings is 1. The van der Waals surface area contributed by atoms with E-state index in [4.69, 9.17) is 4.74 Å². The van der Waals surface area contributed by atoms with Gasteiger partial charge in [0.1, 0.15) is 12.4 Å². The van der Waals surface area contributed by atoms with E-state index in [0.717, 1.165) is 30.8 Å². The highest BCUT2D eigenvalue weighted by Crippen LogP contribution is 2.18. The van der Waals surface area contributed by atoms with Crippen molar-refractivity contribution in [2.75, 3.05) is 19.7 Å². The molecule has 1 unspecified atom stereocenters. The van der Waals surface area contributed by atoms with Crippen molar-refractivity contribution in [3.05, 3.63) is 42.5 Å². The summed E-state index contributed by atoms with van der Waals surface area (Å²) in [6.45, 7) is 6.31. The zero-order valence-corrected chi connectivity index (χ0v) is 11.0. The first kappa shape index (κ1) is 13.6. The summed E-state index contributed by atoms with van der Waals surface area (Å²) in [5.74, 6) is 1.01. The van der Waals surface area contributed by atoms with Crippen molar-refractivity contribution in [2.24, 2.45) is 5.92 Å². The van der Waals surface area contributed by atoms with Crippen molar-refractivity contribution < 1.29 is 9.53 Å². The molecular formula is C15H20N2O2. The van der Waals surface area contributed by atoms with Crippen LogP contribution in [0.15, 0.2) is 36.9 Å². The number of hydrogen-bond donors (Lipinski definition) is 2. The van der Waals surface area contributed by atoms with Crippen LogP contribution >= 0.6 is 0 Å². The second-order valence-electron chi connectivity index (χ2n) is 4.61. The molecule has 1 heterocycles. The minimum atomic E-state index is 0.0984. The summed E-state index contributed by atoms with van der Waals surface area (Å²) in [4.78, 5) is 11.9. The number of nitrogens with one attached hydrogen (secondary N) is 2. The van der Waals surface area contributed by atoms with Gasteiger partial charge in [-0.15, -0.1) is 0 Å². The maximum absolute atomic E-state index is 11.9. The number of hydrogen-bond acceptors (Lipinski definition) is 3. The van der Waals surface area contributed by atoms with Gasteiger partial charge in [0, 0.05) is 18.7 Å². The third-order valence-corrected chi connectivity index (χ3v) is 3.21. The smallest absolute Gasteiger partial charge is 0.224 e. The Balaban J connectivity index is 1.90. The summed E-state index contributed by atoms with van der Waals surface area (Å²) in [6.07, 6.45) is 2.63. The van der Waals surface area contributed by atoms with Gasteiger partial charge < -0.3 is 15.4 Å². The number of carbonyl (C=O) groups excluding carboxylic acids is 1. The maximum atomic E-state index is 11.9. The van der Waals surface area contributed by atoms with Crippen LogP contribution in [0.3, 0.4) is 0 Å². The lowest BCUT2D eigenvalue weighted by Crippen LogP contribution is -2.31. The highest BCUT2D eigenvalue weighted by atomic mass is 16.5. The first-order valence-corrected chi connectivity index (χ1v) is 6.61. The Morgan fingerprint density at radius 1 is 1.53 bits per heavy atom. The summed E-state index contributed by atoms with van der Waals surface area (Å²) in [5.41, 5.74) is 0.989. The fraction of sp³-hybridized carbons (Fsp3) is 0.400. The SMILES string of the molecule is C=CCOc1ccccc1CNC(=O)C1CCNC1. The first-order chi connectivity index (χ1) is 9.31. The first-order valence-electron chi connectivity index (χ1n) is 6.61. The van der Waals surface area contributed by atoms with Gasteiger partial charge in [-0.3, -0.25) is 4.79 Å². The topological polar surface area (TPSA) is 50.4 Å². The van der Waals surface area contributed by atoms with E-state index in [9.17, 15) is 4.79 Å². The van der Waals surface area contributed by atoms with Gasteiger partial charge in [-0.1, -0.05) is 30.9 Å². The van der Waals surface area contributed by atoms with Crippen LogP contribution in [0.5, 0.6) is 5.75 Å². The normalized spacial score (nSPS) is 18.0. The Morgan fingerprint density at radius 2 is 2.37 bits per heavy atom. The van der Waals surface area contributed by atoms with Crippen LogP contribution in [0.25, 0.3) is 0 Å². The number of ether oxygens (including phenoxy) is 1. The van der Waals surface area contributed by atoms with Gasteiger partial charge in [-0.25, -0.2) is 0 Å². The fourth-order valence-corrected chi connectivity index (χ4v) is 2.14. The van der Waals surface area contributed by atoms with E-state index in [1.807, 2.05) is 24.3 Å². The molecule has 1 fully saturated rings. The average molecular weight is 260 g/mol. The summed E-state index contributed by atoms with van der Waals surface area (Å²) in [7, 11) is 0. The van der Waals surface area contributed by atoms with Crippen molar-refractivity contribution in [3.63, 3.8) is 0 Å². The summed E-state index contributed by atoms with van der Waals surface area (Å²) in [5, 5.41) is 6.17. The molecule has 1 saturated heterocycles. The van der Waals surface area contributed by atoms with Gasteiger partial charge in [-0.05, 0) is 19.0 Å². The van der Waals surface area contributed by atoms with Crippen LogP contribution in [0.4, 0.5) is 0 Å². The number of carbonyl (C=O) groups is 1. The molecule has 2 N–H and O–H groups in total. The van der Waals surface area contributed by atoms with Gasteiger partial charge in [0.25, 0.3) is 0 Å². The zero-order valence-electron chi connectivity index (χ0n) is 11.0. The molecule has 4 heteroatoms. The standard InChI is InChI=1S/C15H20N2O2/c1-2-9-19-14-6-4-3-5-12(14)11-17-15(18)13-7-8-16-10-13/h2-6,13,16H,1,7-11H2,(H,17,18). The van der Waals surface area contributed by atoms with Crippen molar-refractivity contribution in [2.45, 2.75) is 13.0 Å². The molecule has 1 aromatic carbocycles. The predicted molar refractivity (Wildman–Crippen MR) is 75.0 cm³/mol. The van der Waals surface area contributed by atoms with E-state index in [-0.39, 0.29) is 11.8 Å². The van der Waals surface area contributed by atoms with Crippen LogP contribution < -0.4 is 15.4 Å². The Kier molecular flexibility index (Phi) is 4.98. The number of rotatable bonds is 6. The summed E-state index contributed by atoms with van der Waals surface area (Å²) >= 11 is 0. The Hall–Kier alpha value is -1.81. The lowest BCUT2D eigenvalue weighted by atomic mass is 10.1. The molecule has 1 aliphatic heterocycles. The molecule has 0 bridgehead atoms. The fourth-order valence-electron chi connectivity index (χ4n) is 2.14. The highest BCUT2D eigenvalue weighted by Gasteiger charge is 2.22. The van der Waals surface area contributed by atoms with E-state index in [2.05, 4.69) is 17.2 Å². The Labute approximate surface area is 113 Å². The molecule has 1 aliphatic rings. The molecule has 1 amide bonds. The van der Waals surface area contributed by atoms with Crippen LogP contribution in [0, 0.1) is 5.92 Å². The second kappa shape index (κ2) is 6.95. The van der Waals surface area contributed by atoms with Crippen molar-refractivity contribution in [1.29, 1.82) is 0 Å². The zero-order chi connectivity index (χ0) is 13.5. The molecule has 0 aliphatic carbocycles. The third-order valence-electron chi connectivity index (χ3n) is 3.21. The van der Waals surface area contributed by atoms with Crippen LogP contribution in [-0.4, -0.2) is 25.6 Å². The monoisotopic (exact) mass is 260 g/mol. The van der Waals surface area contributed by atoms with Gasteiger partial charge in [0.15, 0.2) is 0 Å². The average Bonchev–Trinajstić information content (AvgIpc) is 2.97. The van der Waals surface area contributed by atoms with Crippen LogP contribution in [0.2, 0.25) is 0 Å². The molecule has 0 radical (unpaired) electrons. The van der Waals surface area contributed by atoms with E-state index >= 15 is 0 Å². The number of para-hydroxylation sites is 1. The molecular weight excluding hydrogens is 240 g/mol. The van der Waals surface area contributed by atoms with Gasteiger partial charge in [-0.2, -0.15) is 0 Å². The summed E-state index contributed by atoms with van der Waals surface area (Å²) in [6, 6.07) is 7.73. The third kappa shape index (κ3) is 3.83. The van der Waals surface area contributed by atoms with Crippen LogP contribution in [0.1, 0.15) is 12.0 Å². The lowest BCUT2D eigenvalue weighted by molar-refractivity contribution is -0.124. The molecule has 0 aromatic heterocycles. The predicted octanol–water partition coefficient (Wildman–Crippen LogP) is 1.48. The van der Waals surface area contributed by atoms with E-state index < -0.39 is 0 Å². The molecule has 102 valence electrons. The van der Waals surface area contributed by atoms with E-state index in [1.54, 1.807) is 6.08 Å². The van der Waals surface area contributed by atoms with Crippen molar-refractivity contribution in [3.8, 4) is 5.75 Å². The molecule has 19 heavy (non-hydrogen) atoms. The second-order valence-corrected chi connectivity index (χ2v) is 4.61.